The summed E-state index contributed by atoms with van der Waals surface area (Å²) in [6.07, 6.45) is 0. The van der Waals surface area contributed by atoms with Gasteiger partial charge in [-0.05, 0) is 35.7 Å². The first-order valence-corrected chi connectivity index (χ1v) is 6.16. The number of guanidine groups is 2. The smallest absolute Gasteiger partial charge is 0.223 e. The SMILES string of the molecule is Cc1cc(-c2ccccc2)ccc1N=C(N)N=C(N)N. The number of nitrogens with two attached hydrogens (primary N) is 3. The summed E-state index contributed by atoms with van der Waals surface area (Å²) >= 11 is 0. The van der Waals surface area contributed by atoms with Gasteiger partial charge in [0.05, 0.1) is 5.69 Å². The van der Waals surface area contributed by atoms with Crippen LogP contribution in [-0.4, -0.2) is 11.9 Å². The Labute approximate surface area is 117 Å². The highest BCUT2D eigenvalue weighted by molar-refractivity contribution is 5.93. The molecule has 2 aromatic rings. The number of hydrogen-bond donors (Lipinski definition) is 3. The van der Waals surface area contributed by atoms with E-state index in [1.807, 2.05) is 37.3 Å². The number of rotatable bonds is 2. The van der Waals surface area contributed by atoms with Crippen LogP contribution in [0.4, 0.5) is 5.69 Å². The molecule has 102 valence electrons. The van der Waals surface area contributed by atoms with Crippen LogP contribution in [0.25, 0.3) is 11.1 Å². The lowest BCUT2D eigenvalue weighted by atomic mass is 10.0. The van der Waals surface area contributed by atoms with Crippen LogP contribution in [0.2, 0.25) is 0 Å². The first-order chi connectivity index (χ1) is 9.56. The maximum Gasteiger partial charge on any atom is 0.223 e. The van der Waals surface area contributed by atoms with Crippen LogP contribution in [0.5, 0.6) is 0 Å². The fourth-order valence-electron chi connectivity index (χ4n) is 1.87. The van der Waals surface area contributed by atoms with Crippen molar-refractivity contribution < 1.29 is 0 Å². The molecule has 0 unspecified atom stereocenters. The lowest BCUT2D eigenvalue weighted by molar-refractivity contribution is 1.34. The van der Waals surface area contributed by atoms with E-state index < -0.39 is 0 Å². The van der Waals surface area contributed by atoms with Crippen molar-refractivity contribution in [3.8, 4) is 11.1 Å². The van der Waals surface area contributed by atoms with E-state index in [1.54, 1.807) is 0 Å². The van der Waals surface area contributed by atoms with Gasteiger partial charge < -0.3 is 17.2 Å². The number of aryl methyl sites for hydroxylation is 1. The molecule has 0 atom stereocenters. The minimum atomic E-state index is -0.107. The van der Waals surface area contributed by atoms with Crippen molar-refractivity contribution in [2.45, 2.75) is 6.92 Å². The summed E-state index contributed by atoms with van der Waals surface area (Å²) in [5.74, 6) is -0.0645. The van der Waals surface area contributed by atoms with E-state index in [9.17, 15) is 0 Å². The summed E-state index contributed by atoms with van der Waals surface area (Å²) in [4.78, 5) is 7.87. The Morgan fingerprint density at radius 1 is 0.900 bits per heavy atom. The minimum absolute atomic E-state index is 0.0422. The first kappa shape index (κ1) is 13.6. The topological polar surface area (TPSA) is 103 Å². The van der Waals surface area contributed by atoms with Gasteiger partial charge in [0.25, 0.3) is 0 Å². The van der Waals surface area contributed by atoms with Gasteiger partial charge in [0, 0.05) is 0 Å². The highest BCUT2D eigenvalue weighted by atomic mass is 15.1. The second-order valence-corrected chi connectivity index (χ2v) is 4.37. The molecule has 0 heterocycles. The van der Waals surface area contributed by atoms with Gasteiger partial charge in [0.2, 0.25) is 5.96 Å². The molecular formula is C15H17N5. The van der Waals surface area contributed by atoms with Gasteiger partial charge in [-0.15, -0.1) is 0 Å². The van der Waals surface area contributed by atoms with Gasteiger partial charge in [-0.3, -0.25) is 0 Å². The fraction of sp³-hybridized carbons (Fsp3) is 0.0667. The molecule has 0 spiro atoms. The number of hydrogen-bond acceptors (Lipinski definition) is 1. The second-order valence-electron chi connectivity index (χ2n) is 4.37. The van der Waals surface area contributed by atoms with Crippen LogP contribution in [0.1, 0.15) is 5.56 Å². The third-order valence-corrected chi connectivity index (χ3v) is 2.78. The Morgan fingerprint density at radius 2 is 1.60 bits per heavy atom. The van der Waals surface area contributed by atoms with E-state index in [0.717, 1.165) is 22.4 Å². The lowest BCUT2D eigenvalue weighted by Crippen LogP contribution is -2.26. The predicted molar refractivity (Wildman–Crippen MR) is 83.7 cm³/mol. The zero-order valence-electron chi connectivity index (χ0n) is 11.2. The molecule has 0 saturated carbocycles. The van der Waals surface area contributed by atoms with Crippen LogP contribution >= 0.6 is 0 Å². The van der Waals surface area contributed by atoms with E-state index in [4.69, 9.17) is 17.2 Å². The van der Waals surface area contributed by atoms with Crippen molar-refractivity contribution in [3.63, 3.8) is 0 Å². The molecule has 20 heavy (non-hydrogen) atoms. The van der Waals surface area contributed by atoms with Gasteiger partial charge in [0.1, 0.15) is 0 Å². The van der Waals surface area contributed by atoms with Crippen LogP contribution in [0, 0.1) is 6.92 Å². The van der Waals surface area contributed by atoms with Crippen molar-refractivity contribution in [2.24, 2.45) is 27.2 Å². The standard InChI is InChI=1S/C15H17N5/c1-10-9-12(11-5-3-2-4-6-11)7-8-13(10)19-15(18)20-14(16)17/h2-9H,1H3,(H6,16,17,18,19,20). The summed E-state index contributed by atoms with van der Waals surface area (Å²) in [5.41, 5.74) is 20.2. The maximum atomic E-state index is 5.63. The molecule has 2 aromatic carbocycles. The Bertz CT molecular complexity index is 655. The number of benzene rings is 2. The van der Waals surface area contributed by atoms with Crippen LogP contribution < -0.4 is 17.2 Å². The summed E-state index contributed by atoms with van der Waals surface area (Å²) in [5, 5.41) is 0. The molecule has 0 radical (unpaired) electrons. The molecule has 0 amide bonds. The van der Waals surface area contributed by atoms with E-state index in [2.05, 4.69) is 28.2 Å². The largest absolute Gasteiger partial charge is 0.370 e. The molecule has 6 N–H and O–H groups in total. The lowest BCUT2D eigenvalue weighted by Gasteiger charge is -2.06. The molecule has 5 heteroatoms. The van der Waals surface area contributed by atoms with Crippen molar-refractivity contribution >= 4 is 17.6 Å². The Hall–Kier alpha value is -2.82. The zero-order valence-corrected chi connectivity index (χ0v) is 11.2. The number of nitrogens with zero attached hydrogens (tertiary/aromatic N) is 2. The van der Waals surface area contributed by atoms with Crippen molar-refractivity contribution in [3.05, 3.63) is 54.1 Å². The van der Waals surface area contributed by atoms with Crippen LogP contribution in [-0.2, 0) is 0 Å². The highest BCUT2D eigenvalue weighted by Crippen LogP contribution is 2.26. The van der Waals surface area contributed by atoms with Gasteiger partial charge >= 0.3 is 0 Å². The Morgan fingerprint density at radius 3 is 2.20 bits per heavy atom. The van der Waals surface area contributed by atoms with E-state index in [0.29, 0.717) is 0 Å². The second kappa shape index (κ2) is 5.88. The molecular weight excluding hydrogens is 250 g/mol. The summed E-state index contributed by atoms with van der Waals surface area (Å²) < 4.78 is 0. The van der Waals surface area contributed by atoms with Crippen molar-refractivity contribution in [2.75, 3.05) is 0 Å². The minimum Gasteiger partial charge on any atom is -0.370 e. The van der Waals surface area contributed by atoms with Crippen LogP contribution in [0.15, 0.2) is 58.5 Å². The summed E-state index contributed by atoms with van der Waals surface area (Å²) in [7, 11) is 0. The van der Waals surface area contributed by atoms with E-state index >= 15 is 0 Å². The first-order valence-electron chi connectivity index (χ1n) is 6.16. The van der Waals surface area contributed by atoms with Gasteiger partial charge in [0.15, 0.2) is 5.96 Å². The third-order valence-electron chi connectivity index (χ3n) is 2.78. The Balaban J connectivity index is 2.34. The van der Waals surface area contributed by atoms with E-state index in [1.165, 1.54) is 0 Å². The third kappa shape index (κ3) is 3.35. The van der Waals surface area contributed by atoms with Gasteiger partial charge in [-0.25, -0.2) is 4.99 Å². The average molecular weight is 267 g/mol. The molecule has 0 aliphatic carbocycles. The molecule has 0 bridgehead atoms. The molecule has 0 saturated heterocycles. The summed E-state index contributed by atoms with van der Waals surface area (Å²) in [6.45, 7) is 1.97. The van der Waals surface area contributed by atoms with Crippen molar-refractivity contribution in [1.29, 1.82) is 0 Å². The molecule has 0 aromatic heterocycles. The highest BCUT2D eigenvalue weighted by Gasteiger charge is 2.02. The molecule has 2 rings (SSSR count). The molecule has 0 aliphatic heterocycles. The summed E-state index contributed by atoms with van der Waals surface area (Å²) in [6, 6.07) is 16.1. The fourth-order valence-corrected chi connectivity index (χ4v) is 1.87. The van der Waals surface area contributed by atoms with Crippen LogP contribution in [0.3, 0.4) is 0 Å². The molecule has 0 aliphatic rings. The number of aliphatic imine (C=N–C) groups is 2. The Kier molecular flexibility index (Phi) is 4.00. The van der Waals surface area contributed by atoms with Gasteiger partial charge in [-0.2, -0.15) is 4.99 Å². The molecule has 5 nitrogen and oxygen atoms in total. The average Bonchev–Trinajstić information content (AvgIpc) is 2.41. The maximum absolute atomic E-state index is 5.63. The predicted octanol–water partition coefficient (Wildman–Crippen LogP) is 1.88. The zero-order chi connectivity index (χ0) is 14.5. The van der Waals surface area contributed by atoms with Crippen molar-refractivity contribution in [1.82, 2.24) is 0 Å². The van der Waals surface area contributed by atoms with E-state index in [-0.39, 0.29) is 11.9 Å². The quantitative estimate of drug-likeness (QED) is 0.571. The monoisotopic (exact) mass is 267 g/mol. The normalized spacial score (nSPS) is 11.2. The molecule has 0 fully saturated rings. The van der Waals surface area contributed by atoms with Gasteiger partial charge in [-0.1, -0.05) is 36.4 Å².